The Morgan fingerprint density at radius 3 is 2.47 bits per heavy atom. The number of urea groups is 1. The smallest absolute Gasteiger partial charge is 0.312 e. The molecule has 4 amide bonds. The summed E-state index contributed by atoms with van der Waals surface area (Å²) in [6.07, 6.45) is 0.149. The standard InChI is InChI=1S/C20H24ClN5O3S/c21-14-4-1-2-5-15(14)23-18(27)13-25-7-9-26(10-8-25)19(28)12-16(24-20(22)29)17-6-3-11-30-17/h1-6,11,16H,7-10,12-13H2,(H,23,27)(H3,22,24,29). The van der Waals surface area contributed by atoms with Crippen LogP contribution in [0.25, 0.3) is 0 Å². The molecule has 0 saturated carbocycles. The van der Waals surface area contributed by atoms with Crippen molar-refractivity contribution in [2.75, 3.05) is 38.0 Å². The van der Waals surface area contributed by atoms with Gasteiger partial charge in [-0.3, -0.25) is 14.5 Å². The van der Waals surface area contributed by atoms with E-state index in [0.717, 1.165) is 4.88 Å². The van der Waals surface area contributed by atoms with E-state index in [0.29, 0.717) is 36.9 Å². The average Bonchev–Trinajstić information content (AvgIpc) is 3.24. The van der Waals surface area contributed by atoms with E-state index in [4.69, 9.17) is 17.3 Å². The number of carbonyl (C=O) groups is 3. The SMILES string of the molecule is NC(=O)NC(CC(=O)N1CCN(CC(=O)Nc2ccccc2Cl)CC1)c1cccs1. The van der Waals surface area contributed by atoms with Crippen LogP contribution in [0.1, 0.15) is 17.3 Å². The van der Waals surface area contributed by atoms with Crippen molar-refractivity contribution in [3.8, 4) is 0 Å². The number of halogens is 1. The summed E-state index contributed by atoms with van der Waals surface area (Å²) in [5.74, 6) is -0.200. The first-order valence-electron chi connectivity index (χ1n) is 9.56. The maximum absolute atomic E-state index is 12.7. The second-order valence-electron chi connectivity index (χ2n) is 6.97. The molecule has 2 aromatic rings. The number of rotatable bonds is 7. The summed E-state index contributed by atoms with van der Waals surface area (Å²) in [5, 5.41) is 7.83. The number of hydrogen-bond acceptors (Lipinski definition) is 5. The fourth-order valence-corrected chi connectivity index (χ4v) is 4.26. The number of nitrogens with zero attached hydrogens (tertiary/aromatic N) is 2. The molecule has 1 fully saturated rings. The maximum atomic E-state index is 12.7. The molecule has 10 heteroatoms. The Morgan fingerprint density at radius 2 is 1.83 bits per heavy atom. The number of piperazine rings is 1. The average molecular weight is 450 g/mol. The Kier molecular flexibility index (Phi) is 7.67. The van der Waals surface area contributed by atoms with E-state index in [1.165, 1.54) is 11.3 Å². The van der Waals surface area contributed by atoms with Crippen molar-refractivity contribution in [2.45, 2.75) is 12.5 Å². The lowest BCUT2D eigenvalue weighted by molar-refractivity contribution is -0.133. The van der Waals surface area contributed by atoms with Crippen LogP contribution in [0.2, 0.25) is 5.02 Å². The quantitative estimate of drug-likeness (QED) is 0.602. The zero-order valence-electron chi connectivity index (χ0n) is 16.3. The summed E-state index contributed by atoms with van der Waals surface area (Å²) < 4.78 is 0. The highest BCUT2D eigenvalue weighted by Crippen LogP contribution is 2.23. The van der Waals surface area contributed by atoms with Crippen LogP contribution < -0.4 is 16.4 Å². The number of benzene rings is 1. The van der Waals surface area contributed by atoms with Crippen LogP contribution in [0, 0.1) is 0 Å². The highest BCUT2D eigenvalue weighted by atomic mass is 35.5. The topological polar surface area (TPSA) is 108 Å². The third kappa shape index (κ3) is 6.19. The van der Waals surface area contributed by atoms with Crippen LogP contribution >= 0.6 is 22.9 Å². The molecule has 0 aliphatic carbocycles. The van der Waals surface area contributed by atoms with Crippen molar-refractivity contribution in [3.63, 3.8) is 0 Å². The normalized spacial score (nSPS) is 15.4. The molecule has 0 spiro atoms. The number of anilines is 1. The van der Waals surface area contributed by atoms with Crippen molar-refractivity contribution in [1.29, 1.82) is 0 Å². The molecule has 2 heterocycles. The Hall–Kier alpha value is -2.62. The van der Waals surface area contributed by atoms with Gasteiger partial charge < -0.3 is 21.3 Å². The van der Waals surface area contributed by atoms with E-state index in [-0.39, 0.29) is 24.8 Å². The fourth-order valence-electron chi connectivity index (χ4n) is 3.30. The number of carbonyl (C=O) groups excluding carboxylic acids is 3. The highest BCUT2D eigenvalue weighted by molar-refractivity contribution is 7.10. The molecule has 3 rings (SSSR count). The molecule has 1 aromatic heterocycles. The summed E-state index contributed by atoms with van der Waals surface area (Å²) >= 11 is 7.54. The molecule has 160 valence electrons. The molecule has 1 aromatic carbocycles. The number of thiophene rings is 1. The zero-order chi connectivity index (χ0) is 21.5. The Labute approximate surface area is 184 Å². The number of primary amides is 1. The largest absolute Gasteiger partial charge is 0.352 e. The molecule has 30 heavy (non-hydrogen) atoms. The molecule has 1 saturated heterocycles. The second-order valence-corrected chi connectivity index (χ2v) is 8.35. The molecule has 1 aliphatic rings. The third-order valence-electron chi connectivity index (χ3n) is 4.82. The van der Waals surface area contributed by atoms with Crippen LogP contribution in [-0.2, 0) is 9.59 Å². The maximum Gasteiger partial charge on any atom is 0.312 e. The molecule has 0 bridgehead atoms. The van der Waals surface area contributed by atoms with Crippen molar-refractivity contribution < 1.29 is 14.4 Å². The van der Waals surface area contributed by atoms with Crippen LogP contribution in [0.15, 0.2) is 41.8 Å². The predicted octanol–water partition coefficient (Wildman–Crippen LogP) is 2.28. The Morgan fingerprint density at radius 1 is 1.10 bits per heavy atom. The molecule has 8 nitrogen and oxygen atoms in total. The second kappa shape index (κ2) is 10.4. The van der Waals surface area contributed by atoms with Gasteiger partial charge in [0.15, 0.2) is 0 Å². The first-order chi connectivity index (χ1) is 14.4. The van der Waals surface area contributed by atoms with Crippen molar-refractivity contribution in [2.24, 2.45) is 5.73 Å². The molecular weight excluding hydrogens is 426 g/mol. The van der Waals surface area contributed by atoms with Gasteiger partial charge in [-0.1, -0.05) is 29.8 Å². The molecule has 1 aliphatic heterocycles. The van der Waals surface area contributed by atoms with Gasteiger partial charge in [0.25, 0.3) is 0 Å². The minimum absolute atomic E-state index is 0.0534. The summed E-state index contributed by atoms with van der Waals surface area (Å²) in [6, 6.07) is 9.73. The van der Waals surface area contributed by atoms with Gasteiger partial charge in [0.05, 0.1) is 29.7 Å². The highest BCUT2D eigenvalue weighted by Gasteiger charge is 2.26. The van der Waals surface area contributed by atoms with E-state index in [1.54, 1.807) is 23.1 Å². The third-order valence-corrected chi connectivity index (χ3v) is 6.14. The summed E-state index contributed by atoms with van der Waals surface area (Å²) in [5.41, 5.74) is 5.84. The lowest BCUT2D eigenvalue weighted by Gasteiger charge is -2.35. The van der Waals surface area contributed by atoms with E-state index < -0.39 is 12.1 Å². The van der Waals surface area contributed by atoms with E-state index in [9.17, 15) is 14.4 Å². The number of nitrogens with one attached hydrogen (secondary N) is 2. The van der Waals surface area contributed by atoms with Crippen molar-refractivity contribution in [3.05, 3.63) is 51.7 Å². The molecule has 4 N–H and O–H groups in total. The van der Waals surface area contributed by atoms with Gasteiger partial charge in [0.2, 0.25) is 11.8 Å². The zero-order valence-corrected chi connectivity index (χ0v) is 17.9. The minimum atomic E-state index is -0.657. The number of nitrogens with two attached hydrogens (primary N) is 1. The monoisotopic (exact) mass is 449 g/mol. The van der Waals surface area contributed by atoms with Crippen molar-refractivity contribution >= 4 is 46.5 Å². The summed E-state index contributed by atoms with van der Waals surface area (Å²) in [6.45, 7) is 2.45. The van der Waals surface area contributed by atoms with E-state index in [1.807, 2.05) is 28.5 Å². The van der Waals surface area contributed by atoms with E-state index >= 15 is 0 Å². The van der Waals surface area contributed by atoms with Gasteiger partial charge in [-0.15, -0.1) is 11.3 Å². The Bertz CT molecular complexity index is 884. The Balaban J connectivity index is 1.47. The van der Waals surface area contributed by atoms with Gasteiger partial charge in [0, 0.05) is 31.1 Å². The fraction of sp³-hybridized carbons (Fsp3) is 0.350. The molecular formula is C20H24ClN5O3S. The van der Waals surface area contributed by atoms with E-state index in [2.05, 4.69) is 10.6 Å². The minimum Gasteiger partial charge on any atom is -0.352 e. The van der Waals surface area contributed by atoms with Gasteiger partial charge >= 0.3 is 6.03 Å². The number of amides is 4. The van der Waals surface area contributed by atoms with Crippen molar-refractivity contribution in [1.82, 2.24) is 15.1 Å². The lowest BCUT2D eigenvalue weighted by Crippen LogP contribution is -2.51. The number of para-hydroxylation sites is 1. The molecule has 1 atom stereocenters. The summed E-state index contributed by atoms with van der Waals surface area (Å²) in [4.78, 5) is 40.9. The van der Waals surface area contributed by atoms with Gasteiger partial charge in [-0.05, 0) is 23.6 Å². The van der Waals surface area contributed by atoms with Crippen LogP contribution in [-0.4, -0.2) is 60.4 Å². The lowest BCUT2D eigenvalue weighted by atomic mass is 10.1. The van der Waals surface area contributed by atoms with Crippen LogP contribution in [0.5, 0.6) is 0 Å². The molecule has 1 unspecified atom stereocenters. The number of hydrogen-bond donors (Lipinski definition) is 3. The summed E-state index contributed by atoms with van der Waals surface area (Å²) in [7, 11) is 0. The van der Waals surface area contributed by atoms with Crippen LogP contribution in [0.4, 0.5) is 10.5 Å². The van der Waals surface area contributed by atoms with Crippen LogP contribution in [0.3, 0.4) is 0 Å². The van der Waals surface area contributed by atoms with Gasteiger partial charge in [0.1, 0.15) is 0 Å². The van der Waals surface area contributed by atoms with Gasteiger partial charge in [-0.2, -0.15) is 0 Å². The molecule has 0 radical (unpaired) electrons. The predicted molar refractivity (Wildman–Crippen MR) is 117 cm³/mol. The first-order valence-corrected chi connectivity index (χ1v) is 10.8. The first kappa shape index (κ1) is 22.1. The van der Waals surface area contributed by atoms with Gasteiger partial charge in [-0.25, -0.2) is 4.79 Å².